The van der Waals surface area contributed by atoms with Gasteiger partial charge in [0.05, 0.1) is 28.0 Å². The van der Waals surface area contributed by atoms with Crippen LogP contribution in [0.4, 0.5) is 23.2 Å². The van der Waals surface area contributed by atoms with E-state index in [1.807, 2.05) is 30.3 Å². The molecule has 0 N–H and O–H groups in total. The van der Waals surface area contributed by atoms with Crippen molar-refractivity contribution in [3.63, 3.8) is 0 Å². The lowest BCUT2D eigenvalue weighted by Gasteiger charge is -2.25. The van der Waals surface area contributed by atoms with E-state index in [1.165, 1.54) is 30.3 Å². The number of anilines is 1. The van der Waals surface area contributed by atoms with E-state index in [2.05, 4.69) is 0 Å². The summed E-state index contributed by atoms with van der Waals surface area (Å²) in [4.78, 5) is 0. The molecule has 1 atom stereocenters. The van der Waals surface area contributed by atoms with Gasteiger partial charge in [0.25, 0.3) is 0 Å². The molecule has 0 amide bonds. The second kappa shape index (κ2) is 10.7. The first-order chi connectivity index (χ1) is 18.2. The largest absolute Gasteiger partial charge is 0.488 e. The highest BCUT2D eigenvalue weighted by Gasteiger charge is 2.35. The van der Waals surface area contributed by atoms with Crippen LogP contribution < -0.4 is 9.75 Å². The maximum absolute atomic E-state index is 14.4. The Labute approximate surface area is 226 Å². The van der Waals surface area contributed by atoms with E-state index >= 15 is 0 Å². The maximum Gasteiger partial charge on any atom is 0.416 e. The van der Waals surface area contributed by atoms with E-state index in [9.17, 15) is 17.6 Å². The minimum absolute atomic E-state index is 0.186. The lowest BCUT2D eigenvalue weighted by molar-refractivity contribution is -0.137. The average molecular weight is 559 g/mol. The van der Waals surface area contributed by atoms with E-state index in [4.69, 9.17) is 33.0 Å². The first kappa shape index (κ1) is 26.1. The van der Waals surface area contributed by atoms with E-state index in [1.54, 1.807) is 23.2 Å². The zero-order chi connectivity index (χ0) is 26.9. The van der Waals surface area contributed by atoms with Crippen LogP contribution in [0.25, 0.3) is 0 Å². The van der Waals surface area contributed by atoms with Gasteiger partial charge in [0.15, 0.2) is 0 Å². The molecule has 0 saturated carbocycles. The number of alkyl halides is 3. The summed E-state index contributed by atoms with van der Waals surface area (Å²) in [5.74, 6) is -0.0887. The molecule has 0 bridgehead atoms. The Bertz CT molecular complexity index is 1490. The Morgan fingerprint density at radius 2 is 1.68 bits per heavy atom. The van der Waals surface area contributed by atoms with Crippen molar-refractivity contribution in [1.29, 1.82) is 0 Å². The summed E-state index contributed by atoms with van der Waals surface area (Å²) in [5.41, 5.74) is 1.84. The Hall–Kier alpha value is -3.55. The van der Waals surface area contributed by atoms with Gasteiger partial charge in [-0.2, -0.15) is 18.3 Å². The quantitative estimate of drug-likeness (QED) is 0.220. The fourth-order valence-electron chi connectivity index (χ4n) is 4.33. The number of hydrogen-bond acceptors (Lipinski definition) is 3. The van der Waals surface area contributed by atoms with Gasteiger partial charge in [-0.15, -0.1) is 0 Å². The van der Waals surface area contributed by atoms with Gasteiger partial charge >= 0.3 is 6.18 Å². The van der Waals surface area contributed by atoms with Crippen LogP contribution in [0.15, 0.2) is 96.1 Å². The molecular weight excluding hydrogens is 539 g/mol. The maximum atomic E-state index is 14.4. The minimum atomic E-state index is -4.51. The average Bonchev–Trinajstić information content (AvgIpc) is 3.33. The van der Waals surface area contributed by atoms with E-state index in [0.29, 0.717) is 33.3 Å². The van der Waals surface area contributed by atoms with Crippen molar-refractivity contribution in [1.82, 2.24) is 0 Å². The van der Waals surface area contributed by atoms with Crippen LogP contribution in [0.3, 0.4) is 0 Å². The summed E-state index contributed by atoms with van der Waals surface area (Å²) in [6.45, 7) is 0.247. The Morgan fingerprint density at radius 1 is 0.895 bits per heavy atom. The highest BCUT2D eigenvalue weighted by molar-refractivity contribution is 6.36. The number of rotatable bonds is 6. The van der Waals surface area contributed by atoms with Gasteiger partial charge in [-0.3, -0.25) is 5.01 Å². The second-order valence-corrected chi connectivity index (χ2v) is 9.59. The molecule has 38 heavy (non-hydrogen) atoms. The summed E-state index contributed by atoms with van der Waals surface area (Å²) in [7, 11) is 0. The van der Waals surface area contributed by atoms with Gasteiger partial charge in [0, 0.05) is 17.0 Å². The lowest BCUT2D eigenvalue weighted by atomic mass is 9.96. The van der Waals surface area contributed by atoms with Gasteiger partial charge in [-0.1, -0.05) is 65.7 Å². The third kappa shape index (κ3) is 5.64. The molecule has 4 aromatic carbocycles. The SMILES string of the molecule is Fc1ccc(OCc2ccccc2)c(C2=NN(c3ccc(Cl)cc3Cl)[C@H](c3cccc(C(F)(F)F)c3)C2)c1. The molecule has 0 unspecified atom stereocenters. The van der Waals surface area contributed by atoms with Crippen molar-refractivity contribution < 1.29 is 22.3 Å². The predicted octanol–water partition coefficient (Wildman–Crippen LogP) is 9.09. The standard InChI is InChI=1S/C29H20Cl2F4N2O/c30-21-9-11-26(24(31)14-21)37-27(19-7-4-8-20(13-19)29(33,34)35)16-25(36-37)23-15-22(32)10-12-28(23)38-17-18-5-2-1-3-6-18/h1-15,27H,16-17H2/t27-/m0/s1. The van der Waals surface area contributed by atoms with Gasteiger partial charge in [-0.05, 0) is 59.7 Å². The zero-order valence-electron chi connectivity index (χ0n) is 19.7. The molecule has 1 heterocycles. The van der Waals surface area contributed by atoms with Crippen LogP contribution in [0.1, 0.15) is 34.7 Å². The topological polar surface area (TPSA) is 24.8 Å². The number of halogens is 6. The van der Waals surface area contributed by atoms with Crippen LogP contribution in [0, 0.1) is 5.82 Å². The zero-order valence-corrected chi connectivity index (χ0v) is 21.2. The van der Waals surface area contributed by atoms with E-state index in [-0.39, 0.29) is 18.1 Å². The van der Waals surface area contributed by atoms with Crippen molar-refractivity contribution in [3.8, 4) is 5.75 Å². The number of hydrogen-bond donors (Lipinski definition) is 0. The molecule has 194 valence electrons. The number of ether oxygens (including phenoxy) is 1. The van der Waals surface area contributed by atoms with Gasteiger partial charge < -0.3 is 4.74 Å². The Morgan fingerprint density at radius 3 is 2.42 bits per heavy atom. The Kier molecular flexibility index (Phi) is 7.32. The summed E-state index contributed by atoms with van der Waals surface area (Å²) in [6.07, 6.45) is -4.33. The van der Waals surface area contributed by atoms with Crippen molar-refractivity contribution in [3.05, 3.63) is 129 Å². The second-order valence-electron chi connectivity index (χ2n) is 8.74. The monoisotopic (exact) mass is 558 g/mol. The van der Waals surface area contributed by atoms with Crippen molar-refractivity contribution in [2.45, 2.75) is 25.2 Å². The molecule has 0 saturated heterocycles. The van der Waals surface area contributed by atoms with Crippen LogP contribution >= 0.6 is 23.2 Å². The number of hydrazone groups is 1. The van der Waals surface area contributed by atoms with E-state index < -0.39 is 23.6 Å². The highest BCUT2D eigenvalue weighted by atomic mass is 35.5. The minimum Gasteiger partial charge on any atom is -0.488 e. The molecule has 1 aliphatic heterocycles. The fourth-order valence-corrected chi connectivity index (χ4v) is 4.83. The molecule has 0 aliphatic carbocycles. The van der Waals surface area contributed by atoms with E-state index in [0.717, 1.165) is 17.7 Å². The molecule has 9 heteroatoms. The summed E-state index contributed by atoms with van der Waals surface area (Å²) in [5, 5.41) is 6.95. The van der Waals surface area contributed by atoms with Crippen LogP contribution in [-0.2, 0) is 12.8 Å². The molecular formula is C29H20Cl2F4N2O. The highest BCUT2D eigenvalue weighted by Crippen LogP contribution is 2.43. The molecule has 3 nitrogen and oxygen atoms in total. The molecule has 4 aromatic rings. The molecule has 0 fully saturated rings. The van der Waals surface area contributed by atoms with Crippen molar-refractivity contribution >= 4 is 34.6 Å². The van der Waals surface area contributed by atoms with Crippen molar-refractivity contribution in [2.24, 2.45) is 5.10 Å². The smallest absolute Gasteiger partial charge is 0.416 e. The Balaban J connectivity index is 1.56. The molecule has 0 spiro atoms. The van der Waals surface area contributed by atoms with Crippen LogP contribution in [0.5, 0.6) is 5.75 Å². The molecule has 5 rings (SSSR count). The van der Waals surface area contributed by atoms with Gasteiger partial charge in [-0.25, -0.2) is 4.39 Å². The molecule has 0 radical (unpaired) electrons. The lowest BCUT2D eigenvalue weighted by Crippen LogP contribution is -2.19. The van der Waals surface area contributed by atoms with Crippen LogP contribution in [-0.4, -0.2) is 5.71 Å². The molecule has 1 aliphatic rings. The summed E-state index contributed by atoms with van der Waals surface area (Å²) >= 11 is 12.5. The fraction of sp³-hybridized carbons (Fsp3) is 0.138. The predicted molar refractivity (Wildman–Crippen MR) is 141 cm³/mol. The molecule has 0 aromatic heterocycles. The van der Waals surface area contributed by atoms with Crippen LogP contribution in [0.2, 0.25) is 10.0 Å². The van der Waals surface area contributed by atoms with Crippen molar-refractivity contribution in [2.75, 3.05) is 5.01 Å². The third-order valence-electron chi connectivity index (χ3n) is 6.16. The van der Waals surface area contributed by atoms with Gasteiger partial charge in [0.1, 0.15) is 18.2 Å². The first-order valence-electron chi connectivity index (χ1n) is 11.6. The van der Waals surface area contributed by atoms with Gasteiger partial charge in [0.2, 0.25) is 0 Å². The summed E-state index contributed by atoms with van der Waals surface area (Å²) < 4.78 is 61.0. The first-order valence-corrected chi connectivity index (χ1v) is 12.4. The third-order valence-corrected chi connectivity index (χ3v) is 6.69. The number of benzene rings is 4. The number of nitrogens with zero attached hydrogens (tertiary/aromatic N) is 2. The normalized spacial score (nSPS) is 15.5. The summed E-state index contributed by atoms with van der Waals surface area (Å²) in [6, 6.07) is 22.8.